The molecule has 0 amide bonds. The summed E-state index contributed by atoms with van der Waals surface area (Å²) in [5, 5.41) is 0.870. The highest BCUT2D eigenvalue weighted by Crippen LogP contribution is 2.30. The minimum atomic E-state index is 0.199. The van der Waals surface area contributed by atoms with Crippen LogP contribution in [-0.2, 0) is 5.41 Å². The van der Waals surface area contributed by atoms with Crippen LogP contribution in [0, 0.1) is 13.8 Å². The van der Waals surface area contributed by atoms with Crippen molar-refractivity contribution in [2.75, 3.05) is 0 Å². The minimum Gasteiger partial charge on any atom is -0.0838 e. The molecule has 2 aromatic rings. The summed E-state index contributed by atoms with van der Waals surface area (Å²) in [6.45, 7) is 10.8. The Morgan fingerprint density at radius 1 is 0.789 bits per heavy atom. The lowest BCUT2D eigenvalue weighted by atomic mass is 9.86. The average Bonchev–Trinajstić information content (AvgIpc) is 2.34. The summed E-state index contributed by atoms with van der Waals surface area (Å²) in [5.41, 5.74) is 6.31. The summed E-state index contributed by atoms with van der Waals surface area (Å²) in [5.74, 6) is 0. The van der Waals surface area contributed by atoms with Crippen molar-refractivity contribution in [2.45, 2.75) is 40.0 Å². The van der Waals surface area contributed by atoms with E-state index in [9.17, 15) is 0 Å². The SMILES string of the molecule is Cc1cc(-c2ccc(C(C)(C)C)cc2)cc(C)c1Cl. The van der Waals surface area contributed by atoms with E-state index in [0.29, 0.717) is 0 Å². The molecule has 0 unspecified atom stereocenters. The minimum absolute atomic E-state index is 0.199. The molecule has 0 aliphatic rings. The van der Waals surface area contributed by atoms with Gasteiger partial charge < -0.3 is 0 Å². The largest absolute Gasteiger partial charge is 0.0838 e. The van der Waals surface area contributed by atoms with Crippen molar-refractivity contribution in [3.63, 3.8) is 0 Å². The number of hydrogen-bond donors (Lipinski definition) is 0. The molecule has 0 saturated carbocycles. The normalized spacial score (nSPS) is 11.7. The third-order valence-electron chi connectivity index (χ3n) is 3.52. The van der Waals surface area contributed by atoms with Gasteiger partial charge in [0.15, 0.2) is 0 Å². The second-order valence-corrected chi connectivity index (χ2v) is 6.63. The number of benzene rings is 2. The van der Waals surface area contributed by atoms with Crippen LogP contribution in [0.4, 0.5) is 0 Å². The van der Waals surface area contributed by atoms with E-state index in [1.165, 1.54) is 16.7 Å². The van der Waals surface area contributed by atoms with Gasteiger partial charge in [0.1, 0.15) is 0 Å². The van der Waals surface area contributed by atoms with Crippen LogP contribution in [0.1, 0.15) is 37.5 Å². The first-order valence-electron chi connectivity index (χ1n) is 6.67. The van der Waals surface area contributed by atoms with E-state index in [4.69, 9.17) is 11.6 Å². The molecule has 0 bridgehead atoms. The molecule has 0 nitrogen and oxygen atoms in total. The molecule has 0 atom stereocenters. The zero-order valence-electron chi connectivity index (χ0n) is 12.3. The lowest BCUT2D eigenvalue weighted by Crippen LogP contribution is -2.10. The zero-order chi connectivity index (χ0) is 14.2. The van der Waals surface area contributed by atoms with E-state index in [0.717, 1.165) is 16.1 Å². The van der Waals surface area contributed by atoms with Crippen molar-refractivity contribution in [1.82, 2.24) is 0 Å². The van der Waals surface area contributed by atoms with Crippen LogP contribution >= 0.6 is 11.6 Å². The summed E-state index contributed by atoms with van der Waals surface area (Å²) >= 11 is 6.22. The summed E-state index contributed by atoms with van der Waals surface area (Å²) in [7, 11) is 0. The van der Waals surface area contributed by atoms with Crippen LogP contribution in [-0.4, -0.2) is 0 Å². The van der Waals surface area contributed by atoms with Crippen molar-refractivity contribution >= 4 is 11.6 Å². The third kappa shape index (κ3) is 3.01. The van der Waals surface area contributed by atoms with E-state index in [1.807, 2.05) is 0 Å². The van der Waals surface area contributed by atoms with Gasteiger partial charge in [-0.3, -0.25) is 0 Å². The van der Waals surface area contributed by atoms with Gasteiger partial charge in [-0.25, -0.2) is 0 Å². The number of halogens is 1. The average molecular weight is 273 g/mol. The van der Waals surface area contributed by atoms with Crippen LogP contribution in [0.2, 0.25) is 5.02 Å². The fraction of sp³-hybridized carbons (Fsp3) is 0.333. The molecular formula is C18H21Cl. The molecule has 0 spiro atoms. The molecule has 100 valence electrons. The third-order valence-corrected chi connectivity index (χ3v) is 4.12. The van der Waals surface area contributed by atoms with E-state index in [1.54, 1.807) is 0 Å². The van der Waals surface area contributed by atoms with Gasteiger partial charge in [0.05, 0.1) is 0 Å². The molecule has 0 N–H and O–H groups in total. The monoisotopic (exact) mass is 272 g/mol. The summed E-state index contributed by atoms with van der Waals surface area (Å²) < 4.78 is 0. The highest BCUT2D eigenvalue weighted by atomic mass is 35.5. The Morgan fingerprint density at radius 3 is 1.68 bits per heavy atom. The predicted octanol–water partition coefficient (Wildman–Crippen LogP) is 5.92. The van der Waals surface area contributed by atoms with Gasteiger partial charge in [-0.1, -0.05) is 56.6 Å². The van der Waals surface area contributed by atoms with Crippen LogP contribution in [0.3, 0.4) is 0 Å². The lowest BCUT2D eigenvalue weighted by molar-refractivity contribution is 0.590. The number of rotatable bonds is 1. The van der Waals surface area contributed by atoms with Crippen molar-refractivity contribution < 1.29 is 0 Å². The molecule has 19 heavy (non-hydrogen) atoms. The molecule has 0 aliphatic carbocycles. The van der Waals surface area contributed by atoms with Gasteiger partial charge in [0.2, 0.25) is 0 Å². The summed E-state index contributed by atoms with van der Waals surface area (Å²) in [6, 6.07) is 13.1. The molecular weight excluding hydrogens is 252 g/mol. The van der Waals surface area contributed by atoms with Crippen LogP contribution in [0.5, 0.6) is 0 Å². The van der Waals surface area contributed by atoms with Gasteiger partial charge in [0, 0.05) is 5.02 Å². The van der Waals surface area contributed by atoms with Gasteiger partial charge in [0.25, 0.3) is 0 Å². The zero-order valence-corrected chi connectivity index (χ0v) is 13.1. The first-order chi connectivity index (χ1) is 8.79. The van der Waals surface area contributed by atoms with Gasteiger partial charge in [-0.05, 0) is 59.2 Å². The maximum absolute atomic E-state index is 6.22. The molecule has 0 radical (unpaired) electrons. The van der Waals surface area contributed by atoms with Crippen LogP contribution in [0.15, 0.2) is 36.4 Å². The fourth-order valence-corrected chi connectivity index (χ4v) is 2.38. The Labute approximate surface area is 121 Å². The Hall–Kier alpha value is -1.27. The van der Waals surface area contributed by atoms with E-state index >= 15 is 0 Å². The number of aryl methyl sites for hydroxylation is 2. The van der Waals surface area contributed by atoms with Crippen LogP contribution in [0.25, 0.3) is 11.1 Å². The maximum atomic E-state index is 6.22. The topological polar surface area (TPSA) is 0 Å². The first kappa shape index (κ1) is 14.1. The molecule has 0 aliphatic heterocycles. The van der Waals surface area contributed by atoms with Crippen molar-refractivity contribution in [1.29, 1.82) is 0 Å². The Balaban J connectivity index is 2.43. The van der Waals surface area contributed by atoms with Crippen LogP contribution < -0.4 is 0 Å². The molecule has 0 saturated heterocycles. The molecule has 2 rings (SSSR count). The predicted molar refractivity (Wildman–Crippen MR) is 85.1 cm³/mol. The molecule has 2 aromatic carbocycles. The maximum Gasteiger partial charge on any atom is 0.0464 e. The van der Waals surface area contributed by atoms with E-state index < -0.39 is 0 Å². The summed E-state index contributed by atoms with van der Waals surface area (Å²) in [6.07, 6.45) is 0. The lowest BCUT2D eigenvalue weighted by Gasteiger charge is -2.19. The summed E-state index contributed by atoms with van der Waals surface area (Å²) in [4.78, 5) is 0. The van der Waals surface area contributed by atoms with E-state index in [2.05, 4.69) is 71.0 Å². The highest BCUT2D eigenvalue weighted by molar-refractivity contribution is 6.32. The quantitative estimate of drug-likeness (QED) is 0.604. The van der Waals surface area contributed by atoms with Crippen molar-refractivity contribution in [3.8, 4) is 11.1 Å². The smallest absolute Gasteiger partial charge is 0.0464 e. The number of hydrogen-bond acceptors (Lipinski definition) is 0. The second-order valence-electron chi connectivity index (χ2n) is 6.25. The second kappa shape index (κ2) is 5.02. The van der Waals surface area contributed by atoms with E-state index in [-0.39, 0.29) is 5.41 Å². The van der Waals surface area contributed by atoms with Gasteiger partial charge in [-0.2, -0.15) is 0 Å². The fourth-order valence-electron chi connectivity index (χ4n) is 2.28. The van der Waals surface area contributed by atoms with Crippen molar-refractivity contribution in [2.24, 2.45) is 0 Å². The molecule has 1 heteroatoms. The van der Waals surface area contributed by atoms with Crippen molar-refractivity contribution in [3.05, 3.63) is 58.1 Å². The Bertz CT molecular complexity index is 563. The molecule has 0 heterocycles. The van der Waals surface area contributed by atoms with Gasteiger partial charge >= 0.3 is 0 Å². The highest BCUT2D eigenvalue weighted by Gasteiger charge is 2.13. The van der Waals surface area contributed by atoms with Gasteiger partial charge in [-0.15, -0.1) is 0 Å². The molecule has 0 fully saturated rings. The standard InChI is InChI=1S/C18H21Cl/c1-12-10-15(11-13(2)17(12)19)14-6-8-16(9-7-14)18(3,4)5/h6-11H,1-5H3. The molecule has 0 aromatic heterocycles. The Morgan fingerprint density at radius 2 is 1.26 bits per heavy atom. The first-order valence-corrected chi connectivity index (χ1v) is 7.04. The Kier molecular flexibility index (Phi) is 3.73.